The summed E-state index contributed by atoms with van der Waals surface area (Å²) in [6, 6.07) is 6.71. The normalized spacial score (nSPS) is 13.3. The van der Waals surface area contributed by atoms with Crippen LogP contribution in [0.5, 0.6) is 0 Å². The zero-order valence-corrected chi connectivity index (χ0v) is 11.4. The summed E-state index contributed by atoms with van der Waals surface area (Å²) >= 11 is 0. The molecule has 1 aromatic carbocycles. The van der Waals surface area contributed by atoms with Gasteiger partial charge in [-0.25, -0.2) is 8.78 Å². The maximum Gasteiger partial charge on any atom is 0.257 e. The molecular formula is C15H23F2N. The van der Waals surface area contributed by atoms with E-state index in [1.165, 1.54) is 0 Å². The van der Waals surface area contributed by atoms with E-state index in [1.807, 2.05) is 25.1 Å². The lowest BCUT2D eigenvalue weighted by Gasteiger charge is -2.19. The third kappa shape index (κ3) is 4.73. The molecule has 3 heteroatoms. The third-order valence-electron chi connectivity index (χ3n) is 2.82. The Balaban J connectivity index is 2.83. The largest absolute Gasteiger partial charge is 0.305 e. The fraction of sp³-hybridized carbons (Fsp3) is 0.600. The van der Waals surface area contributed by atoms with Crippen LogP contribution in [0.4, 0.5) is 8.78 Å². The monoisotopic (exact) mass is 255 g/mol. The second kappa shape index (κ2) is 7.47. The molecule has 1 atom stereocenters. The van der Waals surface area contributed by atoms with Crippen molar-refractivity contribution >= 4 is 0 Å². The second-order valence-corrected chi connectivity index (χ2v) is 5.11. The van der Waals surface area contributed by atoms with Crippen molar-refractivity contribution in [3.63, 3.8) is 0 Å². The van der Waals surface area contributed by atoms with E-state index in [2.05, 4.69) is 19.2 Å². The smallest absolute Gasteiger partial charge is 0.257 e. The van der Waals surface area contributed by atoms with Crippen LogP contribution < -0.4 is 5.32 Å². The number of halogens is 2. The fourth-order valence-electron chi connectivity index (χ4n) is 2.04. The first-order chi connectivity index (χ1) is 8.54. The van der Waals surface area contributed by atoms with Gasteiger partial charge in [-0.15, -0.1) is 0 Å². The molecule has 0 amide bonds. The molecule has 102 valence electrons. The van der Waals surface area contributed by atoms with Gasteiger partial charge in [0.1, 0.15) is 0 Å². The highest BCUT2D eigenvalue weighted by Crippen LogP contribution is 2.22. The third-order valence-corrected chi connectivity index (χ3v) is 2.82. The first-order valence-electron chi connectivity index (χ1n) is 6.65. The quantitative estimate of drug-likeness (QED) is 0.770. The molecule has 18 heavy (non-hydrogen) atoms. The molecule has 0 spiro atoms. The molecule has 0 aliphatic carbocycles. The van der Waals surface area contributed by atoms with Crippen LogP contribution in [-0.2, 0) is 6.42 Å². The lowest BCUT2D eigenvalue weighted by Crippen LogP contribution is -2.28. The van der Waals surface area contributed by atoms with Gasteiger partial charge in [-0.2, -0.15) is 0 Å². The lowest BCUT2D eigenvalue weighted by atomic mass is 9.98. The fourth-order valence-corrected chi connectivity index (χ4v) is 2.04. The van der Waals surface area contributed by atoms with E-state index in [1.54, 1.807) is 6.07 Å². The van der Waals surface area contributed by atoms with Gasteiger partial charge in [0.2, 0.25) is 0 Å². The SMILES string of the molecule is CCCNC(c1cccc(CC(C)C)c1)C(F)F. The Bertz CT molecular complexity index is 350. The summed E-state index contributed by atoms with van der Waals surface area (Å²) in [5.74, 6) is 0.536. The summed E-state index contributed by atoms with van der Waals surface area (Å²) in [7, 11) is 0. The van der Waals surface area contributed by atoms with Crippen molar-refractivity contribution in [3.05, 3.63) is 35.4 Å². The van der Waals surface area contributed by atoms with Gasteiger partial charge in [-0.1, -0.05) is 45.0 Å². The molecule has 0 aliphatic rings. The molecule has 0 saturated carbocycles. The van der Waals surface area contributed by atoms with Crippen molar-refractivity contribution in [1.29, 1.82) is 0 Å². The van der Waals surface area contributed by atoms with E-state index in [0.29, 0.717) is 18.0 Å². The van der Waals surface area contributed by atoms with Crippen LogP contribution in [0.3, 0.4) is 0 Å². The van der Waals surface area contributed by atoms with E-state index in [0.717, 1.165) is 18.4 Å². The predicted molar refractivity (Wildman–Crippen MR) is 72.0 cm³/mol. The molecule has 1 nitrogen and oxygen atoms in total. The summed E-state index contributed by atoms with van der Waals surface area (Å²) in [6.07, 6.45) is -0.585. The first-order valence-corrected chi connectivity index (χ1v) is 6.65. The Hall–Kier alpha value is -0.960. The van der Waals surface area contributed by atoms with Crippen LogP contribution in [0, 0.1) is 5.92 Å². The van der Waals surface area contributed by atoms with E-state index in [9.17, 15) is 8.78 Å². The summed E-state index contributed by atoms with van der Waals surface area (Å²) in [6.45, 7) is 6.85. The van der Waals surface area contributed by atoms with Crippen LogP contribution in [-0.4, -0.2) is 13.0 Å². The van der Waals surface area contributed by atoms with Crippen molar-refractivity contribution in [2.75, 3.05) is 6.54 Å². The summed E-state index contributed by atoms with van der Waals surface area (Å²) in [5, 5.41) is 2.92. The van der Waals surface area contributed by atoms with E-state index in [-0.39, 0.29) is 0 Å². The topological polar surface area (TPSA) is 12.0 Å². The van der Waals surface area contributed by atoms with Gasteiger partial charge in [0, 0.05) is 0 Å². The number of hydrogen-bond acceptors (Lipinski definition) is 1. The van der Waals surface area contributed by atoms with E-state index < -0.39 is 12.5 Å². The maximum atomic E-state index is 13.0. The molecule has 0 aliphatic heterocycles. The van der Waals surface area contributed by atoms with Crippen molar-refractivity contribution in [2.45, 2.75) is 46.1 Å². The van der Waals surface area contributed by atoms with Gasteiger partial charge in [0.15, 0.2) is 0 Å². The van der Waals surface area contributed by atoms with Crippen molar-refractivity contribution in [1.82, 2.24) is 5.32 Å². The van der Waals surface area contributed by atoms with Gasteiger partial charge < -0.3 is 5.32 Å². The highest BCUT2D eigenvalue weighted by Gasteiger charge is 2.21. The highest BCUT2D eigenvalue weighted by molar-refractivity contribution is 5.27. The standard InChI is InChI=1S/C15H23F2N/c1-4-8-18-14(15(16)17)13-7-5-6-12(10-13)9-11(2)3/h5-7,10-11,14-15,18H,4,8-9H2,1-3H3. The Morgan fingerprint density at radius 3 is 2.50 bits per heavy atom. The number of hydrogen-bond donors (Lipinski definition) is 1. The summed E-state index contributed by atoms with van der Waals surface area (Å²) < 4.78 is 26.1. The van der Waals surface area contributed by atoms with Gasteiger partial charge in [0.05, 0.1) is 6.04 Å². The van der Waals surface area contributed by atoms with Crippen molar-refractivity contribution < 1.29 is 8.78 Å². The van der Waals surface area contributed by atoms with Gasteiger partial charge in [-0.3, -0.25) is 0 Å². The molecule has 1 aromatic rings. The minimum absolute atomic E-state index is 0.536. The molecule has 0 heterocycles. The number of alkyl halides is 2. The second-order valence-electron chi connectivity index (χ2n) is 5.11. The Labute approximate surface area is 109 Å². The van der Waals surface area contributed by atoms with Gasteiger partial charge >= 0.3 is 0 Å². The Kier molecular flexibility index (Phi) is 6.27. The van der Waals surface area contributed by atoms with Crippen LogP contribution in [0.2, 0.25) is 0 Å². The predicted octanol–water partition coefficient (Wildman–Crippen LogP) is 4.19. The Morgan fingerprint density at radius 2 is 1.94 bits per heavy atom. The average molecular weight is 255 g/mol. The molecule has 0 aromatic heterocycles. The Morgan fingerprint density at radius 1 is 1.22 bits per heavy atom. The van der Waals surface area contributed by atoms with Gasteiger partial charge in [-0.05, 0) is 36.4 Å². The number of nitrogens with one attached hydrogen (secondary N) is 1. The average Bonchev–Trinajstić information content (AvgIpc) is 2.28. The van der Waals surface area contributed by atoms with Crippen LogP contribution in [0.25, 0.3) is 0 Å². The molecule has 1 N–H and O–H groups in total. The highest BCUT2D eigenvalue weighted by atomic mass is 19.3. The molecular weight excluding hydrogens is 232 g/mol. The molecule has 0 saturated heterocycles. The van der Waals surface area contributed by atoms with Crippen molar-refractivity contribution in [3.8, 4) is 0 Å². The van der Waals surface area contributed by atoms with Crippen LogP contribution >= 0.6 is 0 Å². The molecule has 1 rings (SSSR count). The molecule has 0 fully saturated rings. The first kappa shape index (κ1) is 15.1. The number of benzene rings is 1. The van der Waals surface area contributed by atoms with E-state index >= 15 is 0 Å². The minimum atomic E-state index is -2.37. The van der Waals surface area contributed by atoms with Gasteiger partial charge in [0.25, 0.3) is 6.43 Å². The van der Waals surface area contributed by atoms with E-state index in [4.69, 9.17) is 0 Å². The van der Waals surface area contributed by atoms with Crippen molar-refractivity contribution in [2.24, 2.45) is 5.92 Å². The van der Waals surface area contributed by atoms with Crippen LogP contribution in [0.15, 0.2) is 24.3 Å². The number of rotatable bonds is 7. The molecule has 0 radical (unpaired) electrons. The summed E-state index contributed by atoms with van der Waals surface area (Å²) in [4.78, 5) is 0. The lowest BCUT2D eigenvalue weighted by molar-refractivity contribution is 0.0985. The molecule has 0 bridgehead atoms. The molecule has 1 unspecified atom stereocenters. The zero-order valence-electron chi connectivity index (χ0n) is 11.4. The summed E-state index contributed by atoms with van der Waals surface area (Å²) in [5.41, 5.74) is 1.82. The zero-order chi connectivity index (χ0) is 13.5. The maximum absolute atomic E-state index is 13.0. The minimum Gasteiger partial charge on any atom is -0.305 e. The van der Waals surface area contributed by atoms with Crippen LogP contribution in [0.1, 0.15) is 44.4 Å².